The summed E-state index contributed by atoms with van der Waals surface area (Å²) in [5.41, 5.74) is 0.300. The van der Waals surface area contributed by atoms with Gasteiger partial charge in [-0.25, -0.2) is 4.98 Å². The number of carbonyl (C=O) groups is 1. The molecule has 1 aromatic rings. The summed E-state index contributed by atoms with van der Waals surface area (Å²) in [7, 11) is 0. The highest BCUT2D eigenvalue weighted by molar-refractivity contribution is 7.09. The van der Waals surface area contributed by atoms with Crippen LogP contribution in [0.5, 0.6) is 0 Å². The molecule has 5 heteroatoms. The van der Waals surface area contributed by atoms with Gasteiger partial charge >= 0.3 is 5.97 Å². The minimum absolute atomic E-state index is 0.0102. The van der Waals surface area contributed by atoms with Crippen LogP contribution in [-0.2, 0) is 21.4 Å². The fraction of sp³-hybridized carbons (Fsp3) is 0.733. The van der Waals surface area contributed by atoms with Crippen LogP contribution in [0.1, 0.15) is 50.7 Å². The second-order valence-electron chi connectivity index (χ2n) is 7.04. The average molecular weight is 295 g/mol. The van der Waals surface area contributed by atoms with E-state index < -0.39 is 11.4 Å². The van der Waals surface area contributed by atoms with E-state index in [-0.39, 0.29) is 17.6 Å². The molecule has 2 aliphatic heterocycles. The summed E-state index contributed by atoms with van der Waals surface area (Å²) in [6.07, 6.45) is 3.02. The molecule has 20 heavy (non-hydrogen) atoms. The van der Waals surface area contributed by atoms with Crippen LogP contribution >= 0.6 is 11.3 Å². The molecule has 0 saturated carbocycles. The molecule has 1 aromatic heterocycles. The minimum Gasteiger partial charge on any atom is -0.481 e. The highest BCUT2D eigenvalue weighted by atomic mass is 32.1. The molecule has 2 saturated heterocycles. The fourth-order valence-electron chi connectivity index (χ4n) is 3.29. The van der Waals surface area contributed by atoms with Crippen molar-refractivity contribution < 1.29 is 14.6 Å². The van der Waals surface area contributed by atoms with Gasteiger partial charge in [-0.05, 0) is 19.3 Å². The third-order valence-corrected chi connectivity index (χ3v) is 5.38. The molecule has 0 spiro atoms. The lowest BCUT2D eigenvalue weighted by molar-refractivity contribution is -0.152. The maximum absolute atomic E-state index is 11.8. The largest absolute Gasteiger partial charge is 0.481 e. The monoisotopic (exact) mass is 295 g/mol. The molecule has 3 heterocycles. The Labute approximate surface area is 123 Å². The van der Waals surface area contributed by atoms with Crippen LogP contribution in [0.25, 0.3) is 0 Å². The van der Waals surface area contributed by atoms with Crippen molar-refractivity contribution in [3.63, 3.8) is 0 Å². The zero-order chi connectivity index (χ0) is 14.5. The Hall–Kier alpha value is -0.940. The van der Waals surface area contributed by atoms with Crippen LogP contribution < -0.4 is 0 Å². The van der Waals surface area contributed by atoms with Crippen LogP contribution in [-0.4, -0.2) is 28.3 Å². The van der Waals surface area contributed by atoms with E-state index in [9.17, 15) is 9.90 Å². The number of nitrogens with zero attached hydrogens (tertiary/aromatic N) is 1. The lowest BCUT2D eigenvalue weighted by Crippen LogP contribution is -2.42. The van der Waals surface area contributed by atoms with Gasteiger partial charge < -0.3 is 9.84 Å². The first-order valence-corrected chi connectivity index (χ1v) is 8.03. The summed E-state index contributed by atoms with van der Waals surface area (Å²) < 4.78 is 5.79. The highest BCUT2D eigenvalue weighted by Gasteiger charge is 2.57. The van der Waals surface area contributed by atoms with Crippen LogP contribution in [0.2, 0.25) is 0 Å². The zero-order valence-electron chi connectivity index (χ0n) is 12.2. The van der Waals surface area contributed by atoms with Crippen LogP contribution in [0.3, 0.4) is 0 Å². The van der Waals surface area contributed by atoms with Gasteiger partial charge in [0.05, 0.1) is 22.9 Å². The first-order chi connectivity index (χ1) is 9.31. The number of carboxylic acids is 1. The quantitative estimate of drug-likeness (QED) is 0.931. The fourth-order valence-corrected chi connectivity index (χ4v) is 4.44. The number of rotatable bonds is 3. The van der Waals surface area contributed by atoms with Gasteiger partial charge in [-0.2, -0.15) is 0 Å². The maximum atomic E-state index is 11.8. The molecule has 3 atom stereocenters. The van der Waals surface area contributed by atoms with Crippen molar-refractivity contribution >= 4 is 17.3 Å². The highest BCUT2D eigenvalue weighted by Crippen LogP contribution is 2.50. The minimum atomic E-state index is -0.754. The van der Waals surface area contributed by atoms with E-state index in [2.05, 4.69) is 31.1 Å². The predicted molar refractivity (Wildman–Crippen MR) is 77.1 cm³/mol. The van der Waals surface area contributed by atoms with E-state index in [1.54, 1.807) is 11.3 Å². The van der Waals surface area contributed by atoms with Crippen molar-refractivity contribution in [1.29, 1.82) is 0 Å². The normalized spacial score (nSPS) is 32.8. The average Bonchev–Trinajstić information content (AvgIpc) is 3.01. The van der Waals surface area contributed by atoms with Crippen molar-refractivity contribution in [1.82, 2.24) is 4.98 Å². The summed E-state index contributed by atoms with van der Waals surface area (Å²) in [5.74, 6) is -0.725. The molecule has 2 fully saturated rings. The lowest BCUT2D eigenvalue weighted by Gasteiger charge is -2.30. The molecular formula is C15H21NO3S. The molecule has 2 bridgehead atoms. The predicted octanol–water partition coefficient (Wildman–Crippen LogP) is 3.01. The van der Waals surface area contributed by atoms with Gasteiger partial charge in [-0.1, -0.05) is 20.8 Å². The Morgan fingerprint density at radius 1 is 1.55 bits per heavy atom. The van der Waals surface area contributed by atoms with E-state index in [0.29, 0.717) is 12.8 Å². The Bertz CT molecular complexity index is 533. The topological polar surface area (TPSA) is 59.4 Å². The molecule has 2 aliphatic rings. The van der Waals surface area contributed by atoms with Gasteiger partial charge in [0.2, 0.25) is 0 Å². The SMILES string of the molecule is CC(C)(C)c1csc(CC2(C(=O)O)CC3CCC2O3)n1. The Morgan fingerprint density at radius 2 is 2.30 bits per heavy atom. The van der Waals surface area contributed by atoms with E-state index in [4.69, 9.17) is 4.74 Å². The van der Waals surface area contributed by atoms with Gasteiger partial charge in [0.15, 0.2) is 0 Å². The number of carboxylic acid groups (broad SMARTS) is 1. The second kappa shape index (κ2) is 4.53. The van der Waals surface area contributed by atoms with Crippen LogP contribution in [0.4, 0.5) is 0 Å². The number of thiazole rings is 1. The molecule has 0 aromatic carbocycles. The number of hydrogen-bond acceptors (Lipinski definition) is 4. The third kappa shape index (κ3) is 2.17. The molecule has 3 unspecified atom stereocenters. The summed E-state index contributed by atoms with van der Waals surface area (Å²) in [6, 6.07) is 0. The molecule has 0 aliphatic carbocycles. The second-order valence-corrected chi connectivity index (χ2v) is 7.99. The number of aliphatic carboxylic acids is 1. The third-order valence-electron chi connectivity index (χ3n) is 4.53. The van der Waals surface area contributed by atoms with Crippen molar-refractivity contribution in [3.05, 3.63) is 16.1 Å². The number of hydrogen-bond donors (Lipinski definition) is 1. The maximum Gasteiger partial charge on any atom is 0.312 e. The van der Waals surface area contributed by atoms with Gasteiger partial charge in [0.25, 0.3) is 0 Å². The summed E-state index contributed by atoms with van der Waals surface area (Å²) in [5, 5.41) is 12.7. The van der Waals surface area contributed by atoms with Crippen LogP contribution in [0.15, 0.2) is 5.38 Å². The molecule has 4 nitrogen and oxygen atoms in total. The molecule has 0 radical (unpaired) electrons. The van der Waals surface area contributed by atoms with Crippen molar-refractivity contribution in [3.8, 4) is 0 Å². The molecular weight excluding hydrogens is 274 g/mol. The van der Waals surface area contributed by atoms with Crippen molar-refractivity contribution in [2.75, 3.05) is 0 Å². The van der Waals surface area contributed by atoms with E-state index in [1.807, 2.05) is 0 Å². The summed E-state index contributed by atoms with van der Waals surface area (Å²) in [6.45, 7) is 6.37. The van der Waals surface area contributed by atoms with E-state index in [1.165, 1.54) is 0 Å². The molecule has 1 N–H and O–H groups in total. The Balaban J connectivity index is 1.85. The number of ether oxygens (including phenoxy) is 1. The Morgan fingerprint density at radius 3 is 2.75 bits per heavy atom. The standard InChI is InChI=1S/C15H21NO3S/c1-14(2,3)10-8-20-12(16-10)7-15(13(17)18)6-9-4-5-11(15)19-9/h8-9,11H,4-7H2,1-3H3,(H,17,18). The van der Waals surface area contributed by atoms with Gasteiger partial charge in [-0.15, -0.1) is 11.3 Å². The lowest BCUT2D eigenvalue weighted by atomic mass is 9.72. The summed E-state index contributed by atoms with van der Waals surface area (Å²) in [4.78, 5) is 16.5. The van der Waals surface area contributed by atoms with Gasteiger partial charge in [0, 0.05) is 17.2 Å². The number of aromatic nitrogens is 1. The van der Waals surface area contributed by atoms with E-state index in [0.717, 1.165) is 23.5 Å². The Kier molecular flexibility index (Phi) is 3.18. The molecule has 110 valence electrons. The smallest absolute Gasteiger partial charge is 0.312 e. The number of fused-ring (bicyclic) bond motifs is 2. The van der Waals surface area contributed by atoms with Gasteiger partial charge in [-0.3, -0.25) is 4.79 Å². The summed E-state index contributed by atoms with van der Waals surface area (Å²) >= 11 is 1.58. The van der Waals surface area contributed by atoms with Crippen molar-refractivity contribution in [2.45, 2.75) is 64.1 Å². The zero-order valence-corrected chi connectivity index (χ0v) is 13.0. The van der Waals surface area contributed by atoms with Crippen LogP contribution in [0, 0.1) is 5.41 Å². The van der Waals surface area contributed by atoms with Gasteiger partial charge in [0.1, 0.15) is 5.41 Å². The molecule has 3 rings (SSSR count). The first kappa shape index (κ1) is 14.0. The van der Waals surface area contributed by atoms with E-state index >= 15 is 0 Å². The first-order valence-electron chi connectivity index (χ1n) is 7.15. The molecule has 0 amide bonds. The van der Waals surface area contributed by atoms with Crippen molar-refractivity contribution in [2.24, 2.45) is 5.41 Å².